The highest BCUT2D eigenvalue weighted by Crippen LogP contribution is 2.25. The van der Waals surface area contributed by atoms with Crippen molar-refractivity contribution in [3.05, 3.63) is 70.3 Å². The molecular weight excluding hydrogens is 252 g/mol. The predicted molar refractivity (Wildman–Crippen MR) is 79.7 cm³/mol. The van der Waals surface area contributed by atoms with Crippen molar-refractivity contribution in [2.24, 2.45) is 0 Å². The normalized spacial score (nSPS) is 10.6. The number of hydrogen-bond acceptors (Lipinski definition) is 2. The summed E-state index contributed by atoms with van der Waals surface area (Å²) in [6.45, 7) is 2.10. The minimum Gasteiger partial charge on any atom is -0.286 e. The second kappa shape index (κ2) is 4.86. The van der Waals surface area contributed by atoms with Crippen LogP contribution in [0.4, 0.5) is 0 Å². The van der Waals surface area contributed by atoms with Crippen molar-refractivity contribution in [3.63, 3.8) is 0 Å². The molecule has 0 aliphatic heterocycles. The number of rotatable bonds is 2. The molecule has 1 N–H and O–H groups in total. The molecule has 0 saturated heterocycles. The Morgan fingerprint density at radius 2 is 1.63 bits per heavy atom. The number of aryl methyl sites for hydroxylation is 1. The molecular formula is C16H14N2S. The number of nitrogens with zero attached hydrogens (tertiary/aromatic N) is 1. The van der Waals surface area contributed by atoms with Gasteiger partial charge in [0.15, 0.2) is 4.80 Å². The zero-order valence-corrected chi connectivity index (χ0v) is 11.4. The first-order chi connectivity index (χ1) is 9.27. The molecule has 0 spiro atoms. The average molecular weight is 266 g/mol. The molecule has 19 heavy (non-hydrogen) atoms. The summed E-state index contributed by atoms with van der Waals surface area (Å²) in [4.78, 5) is 0.546. The van der Waals surface area contributed by atoms with Crippen LogP contribution < -0.4 is 4.80 Å². The van der Waals surface area contributed by atoms with Crippen LogP contribution in [0, 0.1) is 12.3 Å². The Bertz CT molecular complexity index is 754. The lowest BCUT2D eigenvalue weighted by atomic mass is 10.1. The Kier molecular flexibility index (Phi) is 3.05. The topological polar surface area (TPSA) is 28.8 Å². The Morgan fingerprint density at radius 1 is 0.947 bits per heavy atom. The van der Waals surface area contributed by atoms with Gasteiger partial charge in [-0.3, -0.25) is 9.98 Å². The summed E-state index contributed by atoms with van der Waals surface area (Å²) in [6, 6.07) is 18.4. The van der Waals surface area contributed by atoms with Crippen LogP contribution in [0.2, 0.25) is 0 Å². The second-order valence-electron chi connectivity index (χ2n) is 4.41. The highest BCUT2D eigenvalue weighted by Gasteiger charge is 2.10. The number of para-hydroxylation sites is 1. The van der Waals surface area contributed by atoms with Gasteiger partial charge in [-0.2, -0.15) is 0 Å². The zero-order chi connectivity index (χ0) is 13.2. The lowest BCUT2D eigenvalue weighted by molar-refractivity contribution is 0.985. The fourth-order valence-corrected chi connectivity index (χ4v) is 2.97. The molecule has 0 saturated carbocycles. The van der Waals surface area contributed by atoms with E-state index in [2.05, 4.69) is 24.4 Å². The van der Waals surface area contributed by atoms with E-state index in [1.54, 1.807) is 0 Å². The molecule has 0 bridgehead atoms. The number of benzene rings is 2. The average Bonchev–Trinajstić information content (AvgIpc) is 2.82. The first kappa shape index (κ1) is 11.9. The maximum atomic E-state index is 8.13. The van der Waals surface area contributed by atoms with E-state index in [0.717, 1.165) is 11.4 Å². The predicted octanol–water partition coefficient (Wildman–Crippen LogP) is 3.99. The lowest BCUT2D eigenvalue weighted by Gasteiger charge is -2.10. The van der Waals surface area contributed by atoms with E-state index in [-0.39, 0.29) is 0 Å². The van der Waals surface area contributed by atoms with Crippen LogP contribution in [0.3, 0.4) is 0 Å². The van der Waals surface area contributed by atoms with Crippen LogP contribution in [0.25, 0.3) is 16.9 Å². The molecule has 0 unspecified atom stereocenters. The number of nitrogens with one attached hydrogen (secondary N) is 1. The SMILES string of the molecule is Cc1ccccc1-c1csc(=N)n1-c1ccccc1. The summed E-state index contributed by atoms with van der Waals surface area (Å²) in [7, 11) is 0. The summed E-state index contributed by atoms with van der Waals surface area (Å²) in [5.74, 6) is 0. The largest absolute Gasteiger partial charge is 0.286 e. The summed E-state index contributed by atoms with van der Waals surface area (Å²) < 4.78 is 1.99. The van der Waals surface area contributed by atoms with Crippen molar-refractivity contribution in [2.75, 3.05) is 0 Å². The van der Waals surface area contributed by atoms with Crippen LogP contribution in [-0.2, 0) is 0 Å². The van der Waals surface area contributed by atoms with Gasteiger partial charge in [0.2, 0.25) is 0 Å². The molecule has 1 heterocycles. The van der Waals surface area contributed by atoms with Crippen LogP contribution >= 0.6 is 11.3 Å². The minimum atomic E-state index is 0.546. The van der Waals surface area contributed by atoms with Gasteiger partial charge in [-0.25, -0.2) is 0 Å². The first-order valence-electron chi connectivity index (χ1n) is 6.14. The molecule has 0 aliphatic rings. The standard InChI is InChI=1S/C16H14N2S/c1-12-7-5-6-10-14(12)15-11-19-16(17)18(15)13-8-3-2-4-9-13/h2-11,17H,1H3. The highest BCUT2D eigenvalue weighted by molar-refractivity contribution is 7.07. The second-order valence-corrected chi connectivity index (χ2v) is 5.27. The van der Waals surface area contributed by atoms with Gasteiger partial charge in [-0.05, 0) is 24.6 Å². The van der Waals surface area contributed by atoms with Gasteiger partial charge in [-0.1, -0.05) is 42.5 Å². The molecule has 3 heteroatoms. The maximum absolute atomic E-state index is 8.13. The summed E-state index contributed by atoms with van der Waals surface area (Å²) in [5.41, 5.74) is 4.53. The van der Waals surface area contributed by atoms with Gasteiger partial charge in [0.25, 0.3) is 0 Å². The molecule has 3 rings (SSSR count). The fourth-order valence-electron chi connectivity index (χ4n) is 2.20. The Hall–Kier alpha value is -2.13. The van der Waals surface area contributed by atoms with Crippen LogP contribution in [0.5, 0.6) is 0 Å². The van der Waals surface area contributed by atoms with Crippen LogP contribution in [0.1, 0.15) is 5.56 Å². The molecule has 94 valence electrons. The first-order valence-corrected chi connectivity index (χ1v) is 7.02. The van der Waals surface area contributed by atoms with E-state index >= 15 is 0 Å². The molecule has 2 nitrogen and oxygen atoms in total. The fraction of sp³-hybridized carbons (Fsp3) is 0.0625. The third-order valence-corrected chi connectivity index (χ3v) is 3.91. The summed E-state index contributed by atoms with van der Waals surface area (Å²) in [6.07, 6.45) is 0. The summed E-state index contributed by atoms with van der Waals surface area (Å²) in [5, 5.41) is 10.2. The monoisotopic (exact) mass is 266 g/mol. The Balaban J connectivity index is 2.26. The van der Waals surface area contributed by atoms with Crippen molar-refractivity contribution in [1.82, 2.24) is 4.57 Å². The van der Waals surface area contributed by atoms with E-state index < -0.39 is 0 Å². The van der Waals surface area contributed by atoms with Crippen molar-refractivity contribution in [2.45, 2.75) is 6.92 Å². The Labute approximate surface area is 116 Å². The van der Waals surface area contributed by atoms with Gasteiger partial charge in [0, 0.05) is 16.6 Å². The smallest absolute Gasteiger partial charge is 0.187 e. The van der Waals surface area contributed by atoms with Crippen LogP contribution in [-0.4, -0.2) is 4.57 Å². The molecule has 3 aromatic rings. The minimum absolute atomic E-state index is 0.546. The van der Waals surface area contributed by atoms with E-state index in [9.17, 15) is 0 Å². The van der Waals surface area contributed by atoms with Gasteiger partial charge < -0.3 is 0 Å². The maximum Gasteiger partial charge on any atom is 0.187 e. The third-order valence-electron chi connectivity index (χ3n) is 3.16. The van der Waals surface area contributed by atoms with Crippen molar-refractivity contribution in [1.29, 1.82) is 5.41 Å². The molecule has 0 radical (unpaired) electrons. The van der Waals surface area contributed by atoms with Gasteiger partial charge in [0.05, 0.1) is 5.69 Å². The number of hydrogen-bond donors (Lipinski definition) is 1. The van der Waals surface area contributed by atoms with Crippen molar-refractivity contribution in [3.8, 4) is 16.9 Å². The molecule has 0 amide bonds. The van der Waals surface area contributed by atoms with E-state index in [0.29, 0.717) is 4.80 Å². The molecule has 2 aromatic carbocycles. The molecule has 0 fully saturated rings. The highest BCUT2D eigenvalue weighted by atomic mass is 32.1. The van der Waals surface area contributed by atoms with E-state index in [1.165, 1.54) is 22.5 Å². The number of thiazole rings is 1. The van der Waals surface area contributed by atoms with Gasteiger partial charge in [-0.15, -0.1) is 11.3 Å². The van der Waals surface area contributed by atoms with E-state index in [4.69, 9.17) is 5.41 Å². The van der Waals surface area contributed by atoms with E-state index in [1.807, 2.05) is 47.0 Å². The van der Waals surface area contributed by atoms with Gasteiger partial charge in [0.1, 0.15) is 0 Å². The van der Waals surface area contributed by atoms with Gasteiger partial charge >= 0.3 is 0 Å². The number of aromatic nitrogens is 1. The molecule has 1 aromatic heterocycles. The lowest BCUT2D eigenvalue weighted by Crippen LogP contribution is -2.12. The van der Waals surface area contributed by atoms with Crippen molar-refractivity contribution >= 4 is 11.3 Å². The molecule has 0 aliphatic carbocycles. The zero-order valence-electron chi connectivity index (χ0n) is 10.6. The quantitative estimate of drug-likeness (QED) is 0.726. The van der Waals surface area contributed by atoms with Crippen molar-refractivity contribution < 1.29 is 0 Å². The third kappa shape index (κ3) is 2.13. The van der Waals surface area contributed by atoms with Crippen LogP contribution in [0.15, 0.2) is 60.0 Å². The molecule has 0 atom stereocenters. The summed E-state index contributed by atoms with van der Waals surface area (Å²) >= 11 is 1.46. The Morgan fingerprint density at radius 3 is 2.37 bits per heavy atom.